The van der Waals surface area contributed by atoms with Crippen LogP contribution in [0.1, 0.15) is 14.1 Å². The second-order valence-corrected chi connectivity index (χ2v) is 5.68. The van der Waals surface area contributed by atoms with Crippen LogP contribution < -0.4 is 9.13 Å². The molecule has 1 unspecified atom stereocenters. The minimum atomic E-state index is -1.61. The normalized spacial score (nSPS) is 20.3. The van der Waals surface area contributed by atoms with Crippen molar-refractivity contribution in [3.05, 3.63) is 128 Å². The minimum absolute atomic E-state index is 0. The molecule has 1 atom stereocenters. The molecule has 2 radical (unpaired) electrons. The van der Waals surface area contributed by atoms with E-state index in [1.54, 1.807) is 64.1 Å². The van der Waals surface area contributed by atoms with Gasteiger partial charge in [0, 0.05) is 65.4 Å². The average Bonchev–Trinajstić information content (AvgIpc) is 3.23. The zero-order chi connectivity index (χ0) is 20.8. The van der Waals surface area contributed by atoms with Crippen molar-refractivity contribution in [1.82, 2.24) is 0 Å². The summed E-state index contributed by atoms with van der Waals surface area (Å²) >= 11 is 0. The first kappa shape index (κ1) is 20.5. The molecule has 2 aliphatic heterocycles. The largest absolute Gasteiger partial charge is 0.360 e. The van der Waals surface area contributed by atoms with E-state index in [0.29, 0.717) is 11.4 Å². The van der Waals surface area contributed by atoms with Crippen molar-refractivity contribution in [1.29, 1.82) is 0 Å². The van der Waals surface area contributed by atoms with E-state index in [4.69, 9.17) is 2.74 Å². The molecular formula is C19H10N4O4Y2-2. The first-order chi connectivity index (χ1) is 13.9. The van der Waals surface area contributed by atoms with Crippen LogP contribution in [-0.2, 0) is 71.1 Å². The molecule has 2 aromatic heterocycles. The molecule has 138 valence electrons. The molecule has 2 aromatic rings. The summed E-state index contributed by atoms with van der Waals surface area (Å²) in [4.78, 5) is 20.9. The SMILES string of the molecule is [3H][C-]=C([3H])C1=[C-]c2cccc[n+]2C12C(C(=[C-][N+](=O)[O-])[N+](=O)[O-])=[C-]c1cccc[n+]12.[Y].[Y]. The first-order valence-electron chi connectivity index (χ1n) is 8.67. The zero-order valence-corrected chi connectivity index (χ0v) is 20.4. The molecule has 4 heterocycles. The Kier molecular flexibility index (Phi) is 6.34. The van der Waals surface area contributed by atoms with Crippen molar-refractivity contribution in [2.45, 2.75) is 5.66 Å². The Labute approximate surface area is 219 Å². The van der Waals surface area contributed by atoms with Gasteiger partial charge in [-0.3, -0.25) is 20.2 Å². The van der Waals surface area contributed by atoms with Crippen LogP contribution in [0.5, 0.6) is 0 Å². The summed E-state index contributed by atoms with van der Waals surface area (Å²) in [5.74, 6) is 0. The molecule has 8 nitrogen and oxygen atoms in total. The fourth-order valence-electron chi connectivity index (χ4n) is 3.42. The van der Waals surface area contributed by atoms with E-state index in [1.807, 2.05) is 6.55 Å². The fraction of sp³-hybridized carbons (Fsp3) is 0.0526. The molecule has 29 heavy (non-hydrogen) atoms. The van der Waals surface area contributed by atoms with Crippen LogP contribution in [0.3, 0.4) is 0 Å². The molecule has 0 bridgehead atoms. The predicted molar refractivity (Wildman–Crippen MR) is 88.0 cm³/mol. The van der Waals surface area contributed by atoms with Crippen molar-refractivity contribution in [2.75, 3.05) is 0 Å². The van der Waals surface area contributed by atoms with Crippen molar-refractivity contribution in [3.63, 3.8) is 0 Å². The Bertz CT molecular complexity index is 1200. The van der Waals surface area contributed by atoms with Crippen LogP contribution in [0.2, 0.25) is 0 Å². The van der Waals surface area contributed by atoms with E-state index in [2.05, 4.69) is 12.2 Å². The third kappa shape index (κ3) is 3.52. The van der Waals surface area contributed by atoms with Gasteiger partial charge in [0.1, 0.15) is 6.20 Å². The van der Waals surface area contributed by atoms with Crippen molar-refractivity contribution >= 4 is 0 Å². The summed E-state index contributed by atoms with van der Waals surface area (Å²) < 4.78 is 18.8. The molecule has 0 saturated heterocycles. The Morgan fingerprint density at radius 3 is 2.24 bits per heavy atom. The van der Waals surface area contributed by atoms with Gasteiger partial charge in [-0.25, -0.2) is 0 Å². The Balaban J connectivity index is 0.00000171. The number of hydrogen-bond acceptors (Lipinski definition) is 4. The first-order valence-corrected chi connectivity index (χ1v) is 7.67. The summed E-state index contributed by atoms with van der Waals surface area (Å²) in [7, 11) is 0. The maximum absolute atomic E-state index is 11.8. The number of hydrogen-bond donors (Lipinski definition) is 0. The second-order valence-electron chi connectivity index (χ2n) is 5.68. The monoisotopic (exact) mass is 540 g/mol. The van der Waals surface area contributed by atoms with E-state index in [0.717, 1.165) is 0 Å². The van der Waals surface area contributed by atoms with Gasteiger partial charge in [0.25, 0.3) is 5.66 Å². The number of nitro groups is 2. The van der Waals surface area contributed by atoms with Gasteiger partial charge in [-0.2, -0.15) is 26.9 Å². The maximum atomic E-state index is 11.8. The number of aromatic nitrogens is 2. The Morgan fingerprint density at radius 2 is 1.72 bits per heavy atom. The molecule has 4 rings (SSSR count). The topological polar surface area (TPSA) is 94.0 Å². The number of pyridine rings is 2. The van der Waals surface area contributed by atoms with Gasteiger partial charge in [-0.05, 0) is 22.0 Å². The van der Waals surface area contributed by atoms with Crippen LogP contribution in [0, 0.1) is 45.1 Å². The third-order valence-corrected chi connectivity index (χ3v) is 4.36. The van der Waals surface area contributed by atoms with Crippen LogP contribution in [0.25, 0.3) is 0 Å². The van der Waals surface area contributed by atoms with Gasteiger partial charge in [0.2, 0.25) is 0 Å². The number of allylic oxidation sites excluding steroid dienone is 3. The molecule has 1 spiro atoms. The number of fused-ring (bicyclic) bond motifs is 4. The van der Waals surface area contributed by atoms with Crippen LogP contribution in [0.4, 0.5) is 0 Å². The van der Waals surface area contributed by atoms with Crippen molar-refractivity contribution < 1.29 is 87.1 Å². The fourth-order valence-corrected chi connectivity index (χ4v) is 3.42. The zero-order valence-electron chi connectivity index (χ0n) is 16.7. The van der Waals surface area contributed by atoms with E-state index in [-0.39, 0.29) is 82.6 Å². The van der Waals surface area contributed by atoms with E-state index in [1.165, 1.54) is 0 Å². The molecule has 0 fully saturated rings. The molecule has 0 amide bonds. The molecule has 0 saturated carbocycles. The van der Waals surface area contributed by atoms with Crippen LogP contribution >= 0.6 is 0 Å². The standard InChI is InChI=1S/C19H10N4O4.2Y/c1-2-14-11-15-7-3-5-9-20(15)19(14)17(18(23(26)27)13-22(24)25)12-16-8-4-6-10-21(16)19;;/h1-10H;;/q-2;;/i1T,2T;;. The van der Waals surface area contributed by atoms with Gasteiger partial charge in [-0.1, -0.05) is 14.9 Å². The van der Waals surface area contributed by atoms with E-state index in [9.17, 15) is 20.2 Å². The summed E-state index contributed by atoms with van der Waals surface area (Å²) in [6.45, 7) is 1.99. The van der Waals surface area contributed by atoms with Gasteiger partial charge in [0.05, 0.1) is 17.1 Å². The second kappa shape index (κ2) is 8.96. The predicted octanol–water partition coefficient (Wildman–Crippen LogP) is 0.827. The van der Waals surface area contributed by atoms with E-state index < -0.39 is 21.2 Å². The van der Waals surface area contributed by atoms with Crippen molar-refractivity contribution in [2.24, 2.45) is 0 Å². The van der Waals surface area contributed by atoms with Gasteiger partial charge < -0.3 is 12.6 Å². The molecule has 2 aliphatic rings. The average molecular weight is 540 g/mol. The van der Waals surface area contributed by atoms with Crippen molar-refractivity contribution in [3.8, 4) is 0 Å². The summed E-state index contributed by atoms with van der Waals surface area (Å²) in [6.07, 6.45) is 10.8. The van der Waals surface area contributed by atoms with Crippen LogP contribution in [0.15, 0.2) is 71.7 Å². The van der Waals surface area contributed by atoms with Gasteiger partial charge in [0.15, 0.2) is 12.4 Å². The maximum Gasteiger partial charge on any atom is 0.254 e. The molecule has 0 N–H and O–H groups in total. The summed E-state index contributed by atoms with van der Waals surface area (Å²) in [6, 6.07) is 9.71. The number of rotatable bonds is 4. The Morgan fingerprint density at radius 1 is 1.14 bits per heavy atom. The smallest absolute Gasteiger partial charge is 0.254 e. The quantitative estimate of drug-likeness (QED) is 0.189. The Hall–Kier alpha value is -1.73. The third-order valence-electron chi connectivity index (χ3n) is 4.36. The van der Waals surface area contributed by atoms with Gasteiger partial charge >= 0.3 is 0 Å². The minimum Gasteiger partial charge on any atom is -0.360 e. The van der Waals surface area contributed by atoms with Gasteiger partial charge in [-0.15, -0.1) is 17.7 Å². The summed E-state index contributed by atoms with van der Waals surface area (Å²) in [5.41, 5.74) is -1.77. The van der Waals surface area contributed by atoms with Crippen LogP contribution in [-0.4, -0.2) is 9.85 Å². The number of nitrogens with zero attached hydrogens (tertiary/aromatic N) is 4. The van der Waals surface area contributed by atoms with E-state index >= 15 is 0 Å². The molecule has 0 aliphatic carbocycles. The molecule has 0 aromatic carbocycles. The summed E-state index contributed by atoms with van der Waals surface area (Å²) in [5, 5.41) is 22.8. The molecule has 10 heteroatoms. The molecular weight excluding hydrogens is 526 g/mol.